The van der Waals surface area contributed by atoms with Gasteiger partial charge < -0.3 is 9.73 Å². The van der Waals surface area contributed by atoms with Crippen molar-refractivity contribution < 1.29 is 9.21 Å². The molecule has 0 radical (unpaired) electrons. The zero-order valence-electron chi connectivity index (χ0n) is 14.8. The topological polar surface area (TPSA) is 68.0 Å². The van der Waals surface area contributed by atoms with E-state index in [1.165, 1.54) is 5.56 Å². The average molecular weight is 329 g/mol. The number of hydrogen-bond acceptors (Lipinski definition) is 4. The van der Waals surface area contributed by atoms with Gasteiger partial charge in [0.1, 0.15) is 6.04 Å². The van der Waals surface area contributed by atoms with Gasteiger partial charge in [0.2, 0.25) is 17.7 Å². The lowest BCUT2D eigenvalue weighted by atomic mass is 10.0. The van der Waals surface area contributed by atoms with Crippen molar-refractivity contribution >= 4 is 5.91 Å². The maximum atomic E-state index is 12.2. The fourth-order valence-electron chi connectivity index (χ4n) is 2.67. The number of aryl methyl sites for hydroxylation is 2. The average Bonchev–Trinajstić information content (AvgIpc) is 2.98. The van der Waals surface area contributed by atoms with Crippen LogP contribution in [0.1, 0.15) is 62.9 Å². The Labute approximate surface area is 143 Å². The van der Waals surface area contributed by atoms with Crippen molar-refractivity contribution in [3.8, 4) is 0 Å². The lowest BCUT2D eigenvalue weighted by molar-refractivity contribution is -0.122. The third-order valence-corrected chi connectivity index (χ3v) is 3.84. The highest BCUT2D eigenvalue weighted by Gasteiger charge is 2.21. The second-order valence-electron chi connectivity index (χ2n) is 6.60. The smallest absolute Gasteiger partial charge is 0.238 e. The third kappa shape index (κ3) is 6.14. The summed E-state index contributed by atoms with van der Waals surface area (Å²) in [5.74, 6) is 1.50. The molecule has 1 aromatic carbocycles. The number of amides is 1. The monoisotopic (exact) mass is 329 g/mol. The van der Waals surface area contributed by atoms with Gasteiger partial charge in [0.15, 0.2) is 0 Å². The molecule has 5 heteroatoms. The van der Waals surface area contributed by atoms with Crippen LogP contribution < -0.4 is 5.32 Å². The van der Waals surface area contributed by atoms with Crippen LogP contribution in [0.3, 0.4) is 0 Å². The second-order valence-corrected chi connectivity index (χ2v) is 6.60. The molecule has 1 atom stereocenters. The summed E-state index contributed by atoms with van der Waals surface area (Å²) in [6, 6.07) is 10.2. The molecule has 0 fully saturated rings. The van der Waals surface area contributed by atoms with Crippen molar-refractivity contribution in [1.29, 1.82) is 0 Å². The number of rotatable bonds is 9. The molecule has 1 aromatic heterocycles. The van der Waals surface area contributed by atoms with E-state index in [-0.39, 0.29) is 11.9 Å². The zero-order valence-corrected chi connectivity index (χ0v) is 14.8. The number of benzene rings is 1. The molecule has 1 N–H and O–H groups in total. The van der Waals surface area contributed by atoms with E-state index in [1.54, 1.807) is 6.92 Å². The van der Waals surface area contributed by atoms with Crippen LogP contribution in [-0.2, 0) is 11.2 Å². The summed E-state index contributed by atoms with van der Waals surface area (Å²) in [5, 5.41) is 11.0. The molecule has 130 valence electrons. The highest BCUT2D eigenvalue weighted by molar-refractivity contribution is 5.76. The van der Waals surface area contributed by atoms with Crippen LogP contribution in [0, 0.1) is 12.8 Å². The van der Waals surface area contributed by atoms with Crippen molar-refractivity contribution in [2.75, 3.05) is 0 Å². The first-order valence-corrected chi connectivity index (χ1v) is 8.68. The first-order chi connectivity index (χ1) is 11.5. The summed E-state index contributed by atoms with van der Waals surface area (Å²) in [6.45, 7) is 5.98. The quantitative estimate of drug-likeness (QED) is 0.706. The predicted octanol–water partition coefficient (Wildman–Crippen LogP) is 3.99. The zero-order chi connectivity index (χ0) is 17.4. The summed E-state index contributed by atoms with van der Waals surface area (Å²) < 4.78 is 5.49. The van der Waals surface area contributed by atoms with Crippen LogP contribution in [0.5, 0.6) is 0 Å². The van der Waals surface area contributed by atoms with E-state index in [4.69, 9.17) is 4.42 Å². The molecular weight excluding hydrogens is 302 g/mol. The molecular formula is C19H27N3O2. The largest absolute Gasteiger partial charge is 0.423 e. The summed E-state index contributed by atoms with van der Waals surface area (Å²) in [7, 11) is 0. The Morgan fingerprint density at radius 1 is 1.17 bits per heavy atom. The first-order valence-electron chi connectivity index (χ1n) is 8.68. The number of carbonyl (C=O) groups excluding carboxylic acids is 1. The molecule has 0 spiro atoms. The minimum absolute atomic E-state index is 0.0459. The van der Waals surface area contributed by atoms with Gasteiger partial charge in [0.25, 0.3) is 0 Å². The van der Waals surface area contributed by atoms with Gasteiger partial charge in [-0.05, 0) is 37.2 Å². The Morgan fingerprint density at radius 2 is 1.92 bits per heavy atom. The van der Waals surface area contributed by atoms with E-state index in [9.17, 15) is 4.79 Å². The Balaban J connectivity index is 1.77. The number of hydrogen-bond donors (Lipinski definition) is 1. The third-order valence-electron chi connectivity index (χ3n) is 3.84. The van der Waals surface area contributed by atoms with Crippen molar-refractivity contribution in [3.05, 3.63) is 47.7 Å². The van der Waals surface area contributed by atoms with Crippen molar-refractivity contribution in [2.24, 2.45) is 5.92 Å². The van der Waals surface area contributed by atoms with Crippen LogP contribution in [-0.4, -0.2) is 16.1 Å². The van der Waals surface area contributed by atoms with Crippen LogP contribution >= 0.6 is 0 Å². The summed E-state index contributed by atoms with van der Waals surface area (Å²) in [6.07, 6.45) is 4.20. The van der Waals surface area contributed by atoms with Crippen LogP contribution in [0.25, 0.3) is 0 Å². The molecule has 5 nitrogen and oxygen atoms in total. The summed E-state index contributed by atoms with van der Waals surface area (Å²) in [4.78, 5) is 12.2. The standard InChI is InChI=1S/C19H27N3O2/c1-14(2)13-17(19-22-21-15(3)24-19)20-18(23)12-8-7-11-16-9-5-4-6-10-16/h4-6,9-10,14,17H,7-8,11-13H2,1-3H3,(H,20,23). The minimum Gasteiger partial charge on any atom is -0.423 e. The van der Waals surface area contributed by atoms with Gasteiger partial charge >= 0.3 is 0 Å². The van der Waals surface area contributed by atoms with Crippen LogP contribution in [0.2, 0.25) is 0 Å². The van der Waals surface area contributed by atoms with Gasteiger partial charge in [-0.3, -0.25) is 4.79 Å². The van der Waals surface area contributed by atoms with E-state index in [0.29, 0.717) is 24.1 Å². The SMILES string of the molecule is Cc1nnc(C(CC(C)C)NC(=O)CCCCc2ccccc2)o1. The number of nitrogens with zero attached hydrogens (tertiary/aromatic N) is 2. The van der Waals surface area contributed by atoms with Gasteiger partial charge in [-0.2, -0.15) is 0 Å². The van der Waals surface area contributed by atoms with Gasteiger partial charge in [0.05, 0.1) is 0 Å². The Morgan fingerprint density at radius 3 is 2.54 bits per heavy atom. The molecule has 0 saturated carbocycles. The number of aromatic nitrogens is 2. The van der Waals surface area contributed by atoms with E-state index < -0.39 is 0 Å². The normalized spacial score (nSPS) is 12.3. The van der Waals surface area contributed by atoms with E-state index in [1.807, 2.05) is 18.2 Å². The molecule has 2 aromatic rings. The van der Waals surface area contributed by atoms with E-state index >= 15 is 0 Å². The highest BCUT2D eigenvalue weighted by Crippen LogP contribution is 2.20. The molecule has 2 rings (SSSR count). The van der Waals surface area contributed by atoms with Crippen LogP contribution in [0.15, 0.2) is 34.7 Å². The van der Waals surface area contributed by atoms with Gasteiger partial charge in [-0.1, -0.05) is 44.2 Å². The van der Waals surface area contributed by atoms with Crippen molar-refractivity contribution in [1.82, 2.24) is 15.5 Å². The molecule has 0 aliphatic rings. The molecule has 0 bridgehead atoms. The van der Waals surface area contributed by atoms with Gasteiger partial charge in [0, 0.05) is 13.3 Å². The molecule has 1 unspecified atom stereocenters. The second kappa shape index (κ2) is 9.21. The minimum atomic E-state index is -0.201. The van der Waals surface area contributed by atoms with E-state index in [0.717, 1.165) is 25.7 Å². The molecule has 0 aliphatic heterocycles. The molecule has 0 aliphatic carbocycles. The maximum absolute atomic E-state index is 12.2. The summed E-state index contributed by atoms with van der Waals surface area (Å²) >= 11 is 0. The predicted molar refractivity (Wildman–Crippen MR) is 93.4 cm³/mol. The van der Waals surface area contributed by atoms with Crippen LogP contribution in [0.4, 0.5) is 0 Å². The van der Waals surface area contributed by atoms with Crippen molar-refractivity contribution in [3.63, 3.8) is 0 Å². The molecule has 24 heavy (non-hydrogen) atoms. The maximum Gasteiger partial charge on any atom is 0.238 e. The number of carbonyl (C=O) groups is 1. The fraction of sp³-hybridized carbons (Fsp3) is 0.526. The fourth-order valence-corrected chi connectivity index (χ4v) is 2.67. The van der Waals surface area contributed by atoms with Crippen molar-refractivity contribution in [2.45, 2.75) is 58.9 Å². The number of unbranched alkanes of at least 4 members (excludes halogenated alkanes) is 1. The summed E-state index contributed by atoms with van der Waals surface area (Å²) in [5.41, 5.74) is 1.32. The van der Waals surface area contributed by atoms with Gasteiger partial charge in [-0.15, -0.1) is 10.2 Å². The molecule has 0 saturated heterocycles. The first kappa shape index (κ1) is 18.2. The highest BCUT2D eigenvalue weighted by atomic mass is 16.4. The Hall–Kier alpha value is -2.17. The number of nitrogens with one attached hydrogen (secondary N) is 1. The lowest BCUT2D eigenvalue weighted by Gasteiger charge is -2.17. The van der Waals surface area contributed by atoms with Gasteiger partial charge in [-0.25, -0.2) is 0 Å². The molecule has 1 heterocycles. The Kier molecular flexibility index (Phi) is 6.97. The Bertz CT molecular complexity index is 623. The molecule has 1 amide bonds. The van der Waals surface area contributed by atoms with E-state index in [2.05, 4.69) is 41.5 Å². The lowest BCUT2D eigenvalue weighted by Crippen LogP contribution is -2.29.